The minimum Gasteiger partial charge on any atom is -0.466 e. The Hall–Kier alpha value is -3.18. The van der Waals surface area contributed by atoms with Crippen molar-refractivity contribution < 1.29 is 28.7 Å². The van der Waals surface area contributed by atoms with Crippen molar-refractivity contribution in [2.24, 2.45) is 17.1 Å². The van der Waals surface area contributed by atoms with E-state index < -0.39 is 23.2 Å². The Morgan fingerprint density at radius 2 is 1.84 bits per heavy atom. The number of piperidine rings is 2. The van der Waals surface area contributed by atoms with Gasteiger partial charge in [0.1, 0.15) is 0 Å². The third-order valence-electron chi connectivity index (χ3n) is 7.59. The van der Waals surface area contributed by atoms with Crippen molar-refractivity contribution in [3.05, 3.63) is 29.8 Å². The second-order valence-corrected chi connectivity index (χ2v) is 11.1. The van der Waals surface area contributed by atoms with Crippen LogP contribution in [-0.4, -0.2) is 79.0 Å². The number of nitrogens with two attached hydrogens (primary N) is 2. The van der Waals surface area contributed by atoms with Gasteiger partial charge in [-0.2, -0.15) is 0 Å². The van der Waals surface area contributed by atoms with E-state index in [4.69, 9.17) is 20.9 Å². The van der Waals surface area contributed by atoms with Crippen molar-refractivity contribution in [3.63, 3.8) is 0 Å². The highest BCUT2D eigenvalue weighted by atomic mass is 32.1. The van der Waals surface area contributed by atoms with Gasteiger partial charge in [0.05, 0.1) is 35.1 Å². The van der Waals surface area contributed by atoms with Gasteiger partial charge in [-0.05, 0) is 45.7 Å². The maximum Gasteiger partial charge on any atom is 0.313 e. The van der Waals surface area contributed by atoms with E-state index in [1.807, 2.05) is 24.3 Å². The molecule has 1 aromatic heterocycles. The monoisotopic (exact) mass is 544 g/mol. The van der Waals surface area contributed by atoms with Crippen LogP contribution in [-0.2, 0) is 23.9 Å². The van der Waals surface area contributed by atoms with Crippen LogP contribution in [0.15, 0.2) is 24.3 Å². The van der Waals surface area contributed by atoms with Gasteiger partial charge in [0.25, 0.3) is 5.91 Å². The number of fused-ring (bicyclic) bond motifs is 1. The van der Waals surface area contributed by atoms with E-state index in [1.54, 1.807) is 18.7 Å². The topological polar surface area (TPSA) is 145 Å². The van der Waals surface area contributed by atoms with Gasteiger partial charge in [-0.15, -0.1) is 11.3 Å². The number of carbonyl (C=O) groups is 4. The fourth-order valence-corrected chi connectivity index (χ4v) is 6.90. The van der Waals surface area contributed by atoms with E-state index in [2.05, 4.69) is 4.90 Å². The molecule has 1 aromatic carbocycles. The lowest BCUT2D eigenvalue weighted by Gasteiger charge is -2.48. The van der Waals surface area contributed by atoms with Gasteiger partial charge in [-0.1, -0.05) is 18.2 Å². The Morgan fingerprint density at radius 3 is 2.55 bits per heavy atom. The SMILES string of the molecule is CCOC(=O)C1CN(C(=O)c2c(N)sc3ccccc23)CCC1N1CCCC(CC(N)=O)(C(=O)OCC)C1. The Kier molecular flexibility index (Phi) is 8.57. The van der Waals surface area contributed by atoms with Gasteiger partial charge in [0, 0.05) is 42.2 Å². The summed E-state index contributed by atoms with van der Waals surface area (Å²) in [6.45, 7) is 5.38. The molecule has 2 aliphatic rings. The molecule has 3 unspecified atom stereocenters. The van der Waals surface area contributed by atoms with Gasteiger partial charge >= 0.3 is 11.9 Å². The van der Waals surface area contributed by atoms with Crippen LogP contribution in [0.1, 0.15) is 49.9 Å². The Morgan fingerprint density at radius 1 is 1.11 bits per heavy atom. The highest BCUT2D eigenvalue weighted by Crippen LogP contribution is 2.39. The standard InChI is InChI=1S/C27H36N4O6S/c1-3-36-25(34)18-15-30(24(33)22-17-8-5-6-9-20(17)38-23(22)29)13-10-19(18)31-12-7-11-27(16-31,14-21(28)32)26(35)37-4-2/h5-6,8-9,18-19H,3-4,7,10-16,29H2,1-2H3,(H2,28,32). The van der Waals surface area contributed by atoms with Crippen LogP contribution in [0.3, 0.4) is 0 Å². The van der Waals surface area contributed by atoms with Crippen molar-refractivity contribution in [2.75, 3.05) is 45.1 Å². The normalized spacial score (nSPS) is 24.2. The van der Waals surface area contributed by atoms with Crippen molar-refractivity contribution in [1.82, 2.24) is 9.80 Å². The predicted octanol–water partition coefficient (Wildman–Crippen LogP) is 2.40. The molecule has 0 bridgehead atoms. The number of nitrogens with zero attached hydrogens (tertiary/aromatic N) is 2. The molecule has 0 spiro atoms. The van der Waals surface area contributed by atoms with E-state index in [0.29, 0.717) is 42.9 Å². The number of benzene rings is 1. The van der Waals surface area contributed by atoms with Crippen molar-refractivity contribution in [1.29, 1.82) is 0 Å². The summed E-state index contributed by atoms with van der Waals surface area (Å²) in [7, 11) is 0. The average molecular weight is 545 g/mol. The van der Waals surface area contributed by atoms with E-state index in [0.717, 1.165) is 10.1 Å². The quantitative estimate of drug-likeness (QED) is 0.482. The first-order chi connectivity index (χ1) is 18.2. The number of ether oxygens (including phenoxy) is 2. The fourth-order valence-electron chi connectivity index (χ4n) is 5.94. The molecule has 0 aliphatic carbocycles. The predicted molar refractivity (Wildman–Crippen MR) is 144 cm³/mol. The molecule has 4 rings (SSSR count). The summed E-state index contributed by atoms with van der Waals surface area (Å²) in [5, 5.41) is 1.25. The zero-order chi connectivity index (χ0) is 27.4. The smallest absolute Gasteiger partial charge is 0.313 e. The zero-order valence-electron chi connectivity index (χ0n) is 21.9. The number of esters is 2. The van der Waals surface area contributed by atoms with Crippen LogP contribution in [0.4, 0.5) is 5.00 Å². The summed E-state index contributed by atoms with van der Waals surface area (Å²) < 4.78 is 11.7. The zero-order valence-corrected chi connectivity index (χ0v) is 22.8. The molecule has 2 fully saturated rings. The summed E-state index contributed by atoms with van der Waals surface area (Å²) in [4.78, 5) is 55.6. The molecule has 3 atom stereocenters. The minimum atomic E-state index is -1.06. The molecule has 4 N–H and O–H groups in total. The highest BCUT2D eigenvalue weighted by Gasteiger charge is 2.49. The summed E-state index contributed by atoms with van der Waals surface area (Å²) in [5.74, 6) is -2.22. The Labute approximate surface area is 226 Å². The number of carbonyl (C=O) groups excluding carboxylic acids is 4. The van der Waals surface area contributed by atoms with Crippen LogP contribution in [0.25, 0.3) is 10.1 Å². The van der Waals surface area contributed by atoms with Gasteiger partial charge in [0.15, 0.2) is 0 Å². The summed E-state index contributed by atoms with van der Waals surface area (Å²) >= 11 is 1.37. The maximum absolute atomic E-state index is 13.7. The van der Waals surface area contributed by atoms with Gasteiger partial charge in [0.2, 0.25) is 5.91 Å². The van der Waals surface area contributed by atoms with Crippen LogP contribution >= 0.6 is 11.3 Å². The van der Waals surface area contributed by atoms with Crippen LogP contribution in [0, 0.1) is 11.3 Å². The summed E-state index contributed by atoms with van der Waals surface area (Å²) in [5.41, 5.74) is 11.2. The second kappa shape index (κ2) is 11.7. The van der Waals surface area contributed by atoms with Crippen LogP contribution in [0.2, 0.25) is 0 Å². The van der Waals surface area contributed by atoms with Gasteiger partial charge in [-0.25, -0.2) is 0 Å². The molecule has 0 radical (unpaired) electrons. The third-order valence-corrected chi connectivity index (χ3v) is 8.59. The fraction of sp³-hybridized carbons (Fsp3) is 0.556. The number of primary amides is 1. The van der Waals surface area contributed by atoms with Crippen molar-refractivity contribution >= 4 is 50.2 Å². The van der Waals surface area contributed by atoms with Gasteiger partial charge in [-0.3, -0.25) is 24.1 Å². The molecule has 2 aromatic rings. The molecular formula is C27H36N4O6S. The number of thiophene rings is 1. The first kappa shape index (κ1) is 27.8. The molecule has 11 heteroatoms. The van der Waals surface area contributed by atoms with E-state index >= 15 is 0 Å². The number of amides is 2. The van der Waals surface area contributed by atoms with Crippen molar-refractivity contribution in [3.8, 4) is 0 Å². The maximum atomic E-state index is 13.7. The first-order valence-electron chi connectivity index (χ1n) is 13.1. The lowest BCUT2D eigenvalue weighted by atomic mass is 9.75. The number of hydrogen-bond donors (Lipinski definition) is 2. The number of likely N-dealkylation sites (tertiary alicyclic amines) is 2. The molecule has 2 saturated heterocycles. The molecule has 10 nitrogen and oxygen atoms in total. The van der Waals surface area contributed by atoms with Gasteiger partial charge < -0.3 is 25.8 Å². The Balaban J connectivity index is 1.60. The third kappa shape index (κ3) is 5.49. The number of hydrogen-bond acceptors (Lipinski definition) is 9. The van der Waals surface area contributed by atoms with Crippen LogP contribution < -0.4 is 11.5 Å². The number of rotatable bonds is 8. The second-order valence-electron chi connectivity index (χ2n) is 10.0. The molecule has 3 heterocycles. The molecule has 2 amide bonds. The van der Waals surface area contributed by atoms with E-state index in [1.165, 1.54) is 11.3 Å². The largest absolute Gasteiger partial charge is 0.466 e. The number of anilines is 1. The van der Waals surface area contributed by atoms with Crippen molar-refractivity contribution in [2.45, 2.75) is 45.6 Å². The lowest BCUT2D eigenvalue weighted by molar-refractivity contribution is -0.164. The summed E-state index contributed by atoms with van der Waals surface area (Å²) in [6.07, 6.45) is 1.52. The summed E-state index contributed by atoms with van der Waals surface area (Å²) in [6, 6.07) is 7.32. The molecule has 2 aliphatic heterocycles. The Bertz CT molecular complexity index is 1220. The molecule has 38 heavy (non-hydrogen) atoms. The minimum absolute atomic E-state index is 0.117. The highest BCUT2D eigenvalue weighted by molar-refractivity contribution is 7.23. The average Bonchev–Trinajstić information content (AvgIpc) is 3.23. The van der Waals surface area contributed by atoms with E-state index in [9.17, 15) is 19.2 Å². The molecular weight excluding hydrogens is 508 g/mol. The molecule has 206 valence electrons. The molecule has 0 saturated carbocycles. The number of nitrogen functional groups attached to an aromatic ring is 1. The first-order valence-corrected chi connectivity index (χ1v) is 13.9. The lowest BCUT2D eigenvalue weighted by Crippen LogP contribution is -2.60. The van der Waals surface area contributed by atoms with Crippen LogP contribution in [0.5, 0.6) is 0 Å². The van der Waals surface area contributed by atoms with E-state index in [-0.39, 0.29) is 50.6 Å².